The van der Waals surface area contributed by atoms with Crippen LogP contribution in [0.1, 0.15) is 6.92 Å². The topological polar surface area (TPSA) is 107 Å². The molecule has 7 nitrogen and oxygen atoms in total. The summed E-state index contributed by atoms with van der Waals surface area (Å²) in [5.74, 6) is -0.575. The largest absolute Gasteiger partial charge is 0.459 e. The van der Waals surface area contributed by atoms with Crippen molar-refractivity contribution in [1.29, 1.82) is 0 Å². The maximum absolute atomic E-state index is 11.2. The lowest BCUT2D eigenvalue weighted by atomic mass is 10.2. The van der Waals surface area contributed by atoms with Crippen LogP contribution in [-0.2, 0) is 9.53 Å². The number of rotatable bonds is 11. The average Bonchev–Trinajstić information content (AvgIpc) is 2.36. The normalized spacial score (nSPS) is 13.1. The summed E-state index contributed by atoms with van der Waals surface area (Å²) in [4.78, 5) is 11.2. The van der Waals surface area contributed by atoms with E-state index in [9.17, 15) is 9.90 Å². The standard InChI is InChI=1S/C13H26NO6/c1-11(2)13(19)20-10-12(18)9-14(3-6-15,4-7-16)5-8-17/h12,15-18H,1,3-10H2,2H3/q+1. The molecule has 0 aromatic rings. The molecule has 4 N–H and O–H groups in total. The minimum atomic E-state index is -0.942. The van der Waals surface area contributed by atoms with Crippen LogP contribution >= 0.6 is 0 Å². The first-order valence-corrected chi connectivity index (χ1v) is 6.59. The molecule has 1 unspecified atom stereocenters. The van der Waals surface area contributed by atoms with E-state index in [1.54, 1.807) is 0 Å². The van der Waals surface area contributed by atoms with Gasteiger partial charge in [0.05, 0.1) is 19.8 Å². The minimum Gasteiger partial charge on any atom is -0.459 e. The zero-order valence-corrected chi connectivity index (χ0v) is 12.0. The van der Waals surface area contributed by atoms with Gasteiger partial charge in [-0.25, -0.2) is 4.79 Å². The highest BCUT2D eigenvalue weighted by Crippen LogP contribution is 2.09. The van der Waals surface area contributed by atoms with Crippen molar-refractivity contribution in [2.24, 2.45) is 0 Å². The third-order valence-corrected chi connectivity index (χ3v) is 3.08. The molecule has 7 heteroatoms. The zero-order chi connectivity index (χ0) is 15.6. The maximum atomic E-state index is 11.2. The molecule has 20 heavy (non-hydrogen) atoms. The maximum Gasteiger partial charge on any atom is 0.333 e. The molecule has 0 bridgehead atoms. The zero-order valence-electron chi connectivity index (χ0n) is 12.0. The molecule has 0 aliphatic carbocycles. The van der Waals surface area contributed by atoms with Gasteiger partial charge in [-0.2, -0.15) is 0 Å². The number of carbonyl (C=O) groups is 1. The molecule has 0 amide bonds. The van der Waals surface area contributed by atoms with Crippen molar-refractivity contribution < 1.29 is 34.4 Å². The SMILES string of the molecule is C=C(C)C(=O)OCC(O)C[N+](CCO)(CCO)CCO. The van der Waals surface area contributed by atoms with Crippen LogP contribution < -0.4 is 0 Å². The van der Waals surface area contributed by atoms with Gasteiger partial charge in [-0.15, -0.1) is 0 Å². The lowest BCUT2D eigenvalue weighted by Crippen LogP contribution is -2.57. The highest BCUT2D eigenvalue weighted by molar-refractivity contribution is 5.86. The van der Waals surface area contributed by atoms with Gasteiger partial charge in [0, 0.05) is 5.57 Å². The number of hydrogen-bond donors (Lipinski definition) is 4. The van der Waals surface area contributed by atoms with Crippen LogP contribution in [0.2, 0.25) is 0 Å². The van der Waals surface area contributed by atoms with Crippen LogP contribution in [0.5, 0.6) is 0 Å². The fourth-order valence-electron chi connectivity index (χ4n) is 2.04. The van der Waals surface area contributed by atoms with Crippen molar-refractivity contribution >= 4 is 5.97 Å². The van der Waals surface area contributed by atoms with Crippen LogP contribution in [0.15, 0.2) is 12.2 Å². The van der Waals surface area contributed by atoms with E-state index in [1.165, 1.54) is 6.92 Å². The monoisotopic (exact) mass is 292 g/mol. The van der Waals surface area contributed by atoms with E-state index in [2.05, 4.69) is 6.58 Å². The number of ether oxygens (including phenoxy) is 1. The lowest BCUT2D eigenvalue weighted by molar-refractivity contribution is -0.931. The van der Waals surface area contributed by atoms with Gasteiger partial charge in [-0.3, -0.25) is 0 Å². The second kappa shape index (κ2) is 9.84. The Morgan fingerprint density at radius 1 is 1.15 bits per heavy atom. The lowest BCUT2D eigenvalue weighted by Gasteiger charge is -2.38. The first kappa shape index (κ1) is 19.0. The van der Waals surface area contributed by atoms with Crippen LogP contribution in [0.3, 0.4) is 0 Å². The summed E-state index contributed by atoms with van der Waals surface area (Å²) in [6.07, 6.45) is -0.942. The molecule has 0 saturated carbocycles. The van der Waals surface area contributed by atoms with E-state index in [1.807, 2.05) is 0 Å². The number of hydrogen-bond acceptors (Lipinski definition) is 6. The summed E-state index contributed by atoms with van der Waals surface area (Å²) in [6, 6.07) is 0. The van der Waals surface area contributed by atoms with E-state index >= 15 is 0 Å². The van der Waals surface area contributed by atoms with E-state index in [0.29, 0.717) is 19.6 Å². The Morgan fingerprint density at radius 2 is 1.60 bits per heavy atom. The van der Waals surface area contributed by atoms with Crippen molar-refractivity contribution in [3.63, 3.8) is 0 Å². The van der Waals surface area contributed by atoms with Crippen LogP contribution in [0.25, 0.3) is 0 Å². The molecule has 0 rings (SSSR count). The molecule has 0 aromatic heterocycles. The second-order valence-corrected chi connectivity index (χ2v) is 4.90. The van der Waals surface area contributed by atoms with Gasteiger partial charge in [0.15, 0.2) is 0 Å². The molecule has 1 atom stereocenters. The van der Waals surface area contributed by atoms with Gasteiger partial charge >= 0.3 is 5.97 Å². The summed E-state index contributed by atoms with van der Waals surface area (Å²) in [5, 5.41) is 37.2. The first-order chi connectivity index (χ1) is 9.40. The molecule has 0 radical (unpaired) electrons. The molecule has 0 spiro atoms. The van der Waals surface area contributed by atoms with Crippen molar-refractivity contribution in [2.45, 2.75) is 13.0 Å². The van der Waals surface area contributed by atoms with Crippen molar-refractivity contribution in [1.82, 2.24) is 0 Å². The highest BCUT2D eigenvalue weighted by Gasteiger charge is 2.29. The van der Waals surface area contributed by atoms with Crippen molar-refractivity contribution in [3.05, 3.63) is 12.2 Å². The number of carbonyl (C=O) groups excluding carboxylic acids is 1. The molecule has 0 heterocycles. The smallest absolute Gasteiger partial charge is 0.333 e. The molecule has 0 saturated heterocycles. The molecule has 0 aromatic carbocycles. The molecule has 118 valence electrons. The van der Waals surface area contributed by atoms with Gasteiger partial charge in [0.1, 0.15) is 38.9 Å². The molecule has 0 fully saturated rings. The predicted octanol–water partition coefficient (Wildman–Crippen LogP) is -1.74. The van der Waals surface area contributed by atoms with Gasteiger partial charge in [-0.1, -0.05) is 6.58 Å². The Hall–Kier alpha value is -0.990. The van der Waals surface area contributed by atoms with Gasteiger partial charge in [-0.05, 0) is 6.92 Å². The third-order valence-electron chi connectivity index (χ3n) is 3.08. The fourth-order valence-corrected chi connectivity index (χ4v) is 2.04. The predicted molar refractivity (Wildman–Crippen MR) is 72.8 cm³/mol. The number of esters is 1. The van der Waals surface area contributed by atoms with Gasteiger partial charge in [0.2, 0.25) is 0 Å². The summed E-state index contributed by atoms with van der Waals surface area (Å²) in [7, 11) is 0. The van der Waals surface area contributed by atoms with E-state index in [0.717, 1.165) is 0 Å². The van der Waals surface area contributed by atoms with E-state index in [4.69, 9.17) is 20.1 Å². The number of aliphatic hydroxyl groups excluding tert-OH is 4. The van der Waals surface area contributed by atoms with Crippen molar-refractivity contribution in [3.8, 4) is 0 Å². The van der Waals surface area contributed by atoms with Gasteiger partial charge in [0.25, 0.3) is 0 Å². The quantitative estimate of drug-likeness (QED) is 0.205. The number of quaternary nitrogens is 1. The Balaban J connectivity index is 4.53. The Labute approximate surface area is 119 Å². The summed E-state index contributed by atoms with van der Waals surface area (Å²) in [5.41, 5.74) is 0.249. The fraction of sp³-hybridized carbons (Fsp3) is 0.769. The van der Waals surface area contributed by atoms with E-state index < -0.39 is 12.1 Å². The minimum absolute atomic E-state index is 0.127. The molecular formula is C13H26NO6+. The molecular weight excluding hydrogens is 266 g/mol. The van der Waals surface area contributed by atoms with E-state index in [-0.39, 0.29) is 43.0 Å². The van der Waals surface area contributed by atoms with Crippen molar-refractivity contribution in [2.75, 3.05) is 52.6 Å². The first-order valence-electron chi connectivity index (χ1n) is 6.59. The Bertz CT molecular complexity index is 290. The van der Waals surface area contributed by atoms with Gasteiger partial charge < -0.3 is 29.6 Å². The molecule has 0 aliphatic rings. The number of aliphatic hydroxyl groups is 4. The summed E-state index contributed by atoms with van der Waals surface area (Å²) >= 11 is 0. The van der Waals surface area contributed by atoms with Crippen LogP contribution in [0.4, 0.5) is 0 Å². The van der Waals surface area contributed by atoms with Crippen LogP contribution in [-0.4, -0.2) is 89.6 Å². The number of nitrogens with zero attached hydrogens (tertiary/aromatic N) is 1. The van der Waals surface area contributed by atoms with Crippen LogP contribution in [0, 0.1) is 0 Å². The Kier molecular flexibility index (Phi) is 9.35. The summed E-state index contributed by atoms with van der Waals surface area (Å²) in [6.45, 7) is 5.45. The summed E-state index contributed by atoms with van der Waals surface area (Å²) < 4.78 is 5.02. The second-order valence-electron chi connectivity index (χ2n) is 4.90. The Morgan fingerprint density at radius 3 is 1.95 bits per heavy atom. The average molecular weight is 292 g/mol. The third kappa shape index (κ3) is 6.97. The highest BCUT2D eigenvalue weighted by atomic mass is 16.5. The molecule has 0 aliphatic heterocycles.